The Kier molecular flexibility index (Phi) is 5.78. The molecule has 2 nitrogen and oxygen atoms in total. The minimum absolute atomic E-state index is 0.901. The van der Waals surface area contributed by atoms with Gasteiger partial charge in [-0.2, -0.15) is 0 Å². The topological polar surface area (TPSA) is 16.4 Å². The predicted octanol–water partition coefficient (Wildman–Crippen LogP) is 13.4. The Labute approximate surface area is 275 Å². The average molecular weight is 618 g/mol. The first-order valence-electron chi connectivity index (χ1n) is 15.9. The van der Waals surface area contributed by atoms with Gasteiger partial charge in [-0.1, -0.05) is 109 Å². The fourth-order valence-corrected chi connectivity index (χ4v) is 8.63. The summed E-state index contributed by atoms with van der Waals surface area (Å²) >= 11 is 1.87. The lowest BCUT2D eigenvalue weighted by molar-refractivity contribution is 0.669. The van der Waals surface area contributed by atoms with Crippen molar-refractivity contribution in [3.8, 4) is 11.1 Å². The molecule has 0 saturated heterocycles. The van der Waals surface area contributed by atoms with Crippen molar-refractivity contribution >= 4 is 92.1 Å². The van der Waals surface area contributed by atoms with Crippen molar-refractivity contribution in [3.63, 3.8) is 0 Å². The van der Waals surface area contributed by atoms with Crippen LogP contribution in [-0.2, 0) is 0 Å². The number of benzene rings is 8. The molecule has 0 spiro atoms. The van der Waals surface area contributed by atoms with Crippen LogP contribution in [0.3, 0.4) is 0 Å². The Morgan fingerprint density at radius 2 is 1.04 bits per heavy atom. The molecule has 0 radical (unpaired) electrons. The second-order valence-electron chi connectivity index (χ2n) is 12.1. The fourth-order valence-electron chi connectivity index (χ4n) is 7.24. The van der Waals surface area contributed by atoms with Crippen LogP contribution >= 0.6 is 11.3 Å². The molecule has 10 rings (SSSR count). The predicted molar refractivity (Wildman–Crippen MR) is 202 cm³/mol. The Morgan fingerprint density at radius 1 is 0.404 bits per heavy atom. The molecule has 0 aliphatic carbocycles. The Hall–Kier alpha value is -5.90. The van der Waals surface area contributed by atoms with Crippen LogP contribution in [0.4, 0.5) is 17.1 Å². The summed E-state index contributed by atoms with van der Waals surface area (Å²) in [7, 11) is 0. The van der Waals surface area contributed by atoms with Gasteiger partial charge in [0.2, 0.25) is 0 Å². The fraction of sp³-hybridized carbons (Fsp3) is 0. The highest BCUT2D eigenvalue weighted by molar-refractivity contribution is 7.27. The summed E-state index contributed by atoms with van der Waals surface area (Å²) < 4.78 is 9.08. The number of anilines is 3. The van der Waals surface area contributed by atoms with Crippen LogP contribution in [-0.4, -0.2) is 0 Å². The van der Waals surface area contributed by atoms with E-state index in [2.05, 4.69) is 169 Å². The van der Waals surface area contributed by atoms with Gasteiger partial charge in [-0.15, -0.1) is 11.3 Å². The maximum absolute atomic E-state index is 6.48. The van der Waals surface area contributed by atoms with E-state index >= 15 is 0 Å². The summed E-state index contributed by atoms with van der Waals surface area (Å²) in [6.07, 6.45) is 0. The zero-order valence-corrected chi connectivity index (χ0v) is 26.2. The van der Waals surface area contributed by atoms with Crippen LogP contribution in [0.15, 0.2) is 168 Å². The van der Waals surface area contributed by atoms with E-state index < -0.39 is 0 Å². The number of nitrogens with zero attached hydrogens (tertiary/aromatic N) is 1. The zero-order valence-electron chi connectivity index (χ0n) is 25.4. The van der Waals surface area contributed by atoms with Gasteiger partial charge in [-0.25, -0.2) is 0 Å². The molecule has 0 bridgehead atoms. The highest BCUT2D eigenvalue weighted by Gasteiger charge is 2.19. The van der Waals surface area contributed by atoms with Gasteiger partial charge >= 0.3 is 0 Å². The zero-order chi connectivity index (χ0) is 30.9. The largest absolute Gasteiger partial charge is 0.456 e. The smallest absolute Gasteiger partial charge is 0.136 e. The van der Waals surface area contributed by atoms with E-state index in [1.807, 2.05) is 11.3 Å². The molecule has 0 atom stereocenters. The Bertz CT molecular complexity index is 2790. The molecule has 0 fully saturated rings. The van der Waals surface area contributed by atoms with E-state index in [0.29, 0.717) is 0 Å². The van der Waals surface area contributed by atoms with Gasteiger partial charge in [-0.05, 0) is 87.3 Å². The molecule has 0 aliphatic heterocycles. The second kappa shape index (κ2) is 10.3. The van der Waals surface area contributed by atoms with Crippen LogP contribution < -0.4 is 4.90 Å². The van der Waals surface area contributed by atoms with Gasteiger partial charge in [0.15, 0.2) is 0 Å². The lowest BCUT2D eigenvalue weighted by Crippen LogP contribution is -2.09. The third-order valence-corrected chi connectivity index (χ3v) is 10.7. The SMILES string of the molecule is c1ccc(N(c2ccc(-c3cccc4ccccc34)cc2)c2ccc3oc4ccc5c6ccc7ccccc7c6sc5c4c3c2)cc1. The molecule has 0 aliphatic rings. The Balaban J connectivity index is 1.16. The van der Waals surface area contributed by atoms with E-state index in [0.717, 1.165) is 33.6 Å². The number of furan rings is 1. The van der Waals surface area contributed by atoms with Gasteiger partial charge in [0.25, 0.3) is 0 Å². The molecule has 0 unspecified atom stereocenters. The van der Waals surface area contributed by atoms with Crippen molar-refractivity contribution in [2.24, 2.45) is 0 Å². The molecule has 0 N–H and O–H groups in total. The van der Waals surface area contributed by atoms with E-state index in [9.17, 15) is 0 Å². The molecule has 8 aromatic carbocycles. The first-order chi connectivity index (χ1) is 23.3. The number of fused-ring (bicyclic) bond motifs is 10. The maximum Gasteiger partial charge on any atom is 0.136 e. The van der Waals surface area contributed by atoms with Crippen molar-refractivity contribution in [2.75, 3.05) is 4.90 Å². The summed E-state index contributed by atoms with van der Waals surface area (Å²) in [6.45, 7) is 0. The summed E-state index contributed by atoms with van der Waals surface area (Å²) in [5, 5.41) is 9.98. The molecule has 2 aromatic heterocycles. The van der Waals surface area contributed by atoms with Crippen molar-refractivity contribution in [1.29, 1.82) is 0 Å². The molecular formula is C44H27NOS. The van der Waals surface area contributed by atoms with Crippen LogP contribution in [0.25, 0.3) is 74.8 Å². The van der Waals surface area contributed by atoms with Crippen molar-refractivity contribution in [1.82, 2.24) is 0 Å². The third-order valence-electron chi connectivity index (χ3n) is 9.44. The monoisotopic (exact) mass is 617 g/mol. The highest BCUT2D eigenvalue weighted by Crippen LogP contribution is 2.46. The van der Waals surface area contributed by atoms with Crippen molar-refractivity contribution in [3.05, 3.63) is 164 Å². The van der Waals surface area contributed by atoms with E-state index in [1.54, 1.807) is 0 Å². The van der Waals surface area contributed by atoms with Crippen LogP contribution in [0.5, 0.6) is 0 Å². The molecule has 0 amide bonds. The molecule has 220 valence electrons. The van der Waals surface area contributed by atoms with E-state index in [1.165, 1.54) is 58.2 Å². The third kappa shape index (κ3) is 4.10. The minimum atomic E-state index is 0.901. The summed E-state index contributed by atoms with van der Waals surface area (Å²) in [5.41, 5.74) is 7.57. The average Bonchev–Trinajstić information content (AvgIpc) is 3.71. The van der Waals surface area contributed by atoms with Gasteiger partial charge in [0.05, 0.1) is 0 Å². The first kappa shape index (κ1) is 26.3. The molecule has 47 heavy (non-hydrogen) atoms. The summed E-state index contributed by atoms with van der Waals surface area (Å²) in [5.74, 6) is 0. The Morgan fingerprint density at radius 3 is 1.89 bits per heavy atom. The molecule has 2 heterocycles. The molecular weight excluding hydrogens is 591 g/mol. The lowest BCUT2D eigenvalue weighted by atomic mass is 9.98. The van der Waals surface area contributed by atoms with Gasteiger partial charge < -0.3 is 9.32 Å². The molecule has 0 saturated carbocycles. The normalized spacial score (nSPS) is 11.8. The van der Waals surface area contributed by atoms with E-state index in [-0.39, 0.29) is 0 Å². The standard InChI is InChI=1S/C44H27NOS/c1-2-12-31(13-3-1)45(32-20-17-30(18-21-32)35-16-8-11-28-9-4-6-14-34(28)35)33-22-25-40-39(27-33)42-41(46-40)26-24-38-37-23-19-29-10-5-7-15-36(29)43(37)47-44(38)42/h1-27H. The first-order valence-corrected chi connectivity index (χ1v) is 16.7. The van der Waals surface area contributed by atoms with Crippen molar-refractivity contribution in [2.45, 2.75) is 0 Å². The van der Waals surface area contributed by atoms with Crippen LogP contribution in [0.1, 0.15) is 0 Å². The number of para-hydroxylation sites is 1. The van der Waals surface area contributed by atoms with Gasteiger partial charge in [0.1, 0.15) is 11.2 Å². The lowest BCUT2D eigenvalue weighted by Gasteiger charge is -2.25. The minimum Gasteiger partial charge on any atom is -0.456 e. The van der Waals surface area contributed by atoms with Gasteiger partial charge in [0, 0.05) is 48.0 Å². The quantitative estimate of drug-likeness (QED) is 0.195. The molecule has 10 aromatic rings. The number of hydrogen-bond acceptors (Lipinski definition) is 3. The van der Waals surface area contributed by atoms with Crippen molar-refractivity contribution < 1.29 is 4.42 Å². The van der Waals surface area contributed by atoms with Gasteiger partial charge in [-0.3, -0.25) is 0 Å². The van der Waals surface area contributed by atoms with Crippen LogP contribution in [0, 0.1) is 0 Å². The number of rotatable bonds is 4. The highest BCUT2D eigenvalue weighted by atomic mass is 32.1. The summed E-state index contributed by atoms with van der Waals surface area (Å²) in [4.78, 5) is 2.34. The maximum atomic E-state index is 6.48. The molecule has 3 heteroatoms. The van der Waals surface area contributed by atoms with Crippen LogP contribution in [0.2, 0.25) is 0 Å². The summed E-state index contributed by atoms with van der Waals surface area (Å²) in [6, 6.07) is 58.8. The number of thiophene rings is 1. The number of hydrogen-bond donors (Lipinski definition) is 0. The second-order valence-corrected chi connectivity index (χ2v) is 13.1. The van der Waals surface area contributed by atoms with E-state index in [4.69, 9.17) is 4.42 Å².